The second-order valence-corrected chi connectivity index (χ2v) is 6.74. The first-order valence-electron chi connectivity index (χ1n) is 6.98. The molecule has 1 amide bonds. The average molecular weight is 331 g/mol. The highest BCUT2D eigenvalue weighted by Gasteiger charge is 2.30. The van der Waals surface area contributed by atoms with Gasteiger partial charge in [0.05, 0.1) is 10.9 Å². The number of hydrogen-bond donors (Lipinski definition) is 1. The Hall–Kier alpha value is -1.78. The Bertz CT molecular complexity index is 728. The van der Waals surface area contributed by atoms with Crippen LogP contribution < -0.4 is 5.32 Å². The SMILES string of the molecule is Cc1ccc(N=C2NC(=O)[C@H](Cc3ccccc3Cl)S2)cc1. The van der Waals surface area contributed by atoms with E-state index in [1.54, 1.807) is 0 Å². The number of benzene rings is 2. The Morgan fingerprint density at radius 2 is 1.91 bits per heavy atom. The Labute approximate surface area is 138 Å². The predicted octanol–water partition coefficient (Wildman–Crippen LogP) is 4.11. The van der Waals surface area contributed by atoms with E-state index in [9.17, 15) is 4.79 Å². The Morgan fingerprint density at radius 3 is 2.64 bits per heavy atom. The van der Waals surface area contributed by atoms with Crippen LogP contribution in [-0.4, -0.2) is 16.3 Å². The number of amidine groups is 1. The van der Waals surface area contributed by atoms with Gasteiger partial charge in [-0.25, -0.2) is 4.99 Å². The van der Waals surface area contributed by atoms with Gasteiger partial charge in [-0.05, 0) is 37.1 Å². The van der Waals surface area contributed by atoms with Crippen LogP contribution in [0, 0.1) is 6.92 Å². The van der Waals surface area contributed by atoms with Gasteiger partial charge in [-0.3, -0.25) is 4.79 Å². The number of carbonyl (C=O) groups excluding carboxylic acids is 1. The zero-order chi connectivity index (χ0) is 15.5. The number of thioether (sulfide) groups is 1. The fourth-order valence-electron chi connectivity index (χ4n) is 2.19. The molecular formula is C17H15ClN2OS. The summed E-state index contributed by atoms with van der Waals surface area (Å²) in [5, 5.41) is 3.99. The number of aliphatic imine (C=N–C) groups is 1. The third-order valence-corrected chi connectivity index (χ3v) is 4.85. The van der Waals surface area contributed by atoms with Gasteiger partial charge in [0.1, 0.15) is 0 Å². The van der Waals surface area contributed by atoms with Crippen LogP contribution in [0.3, 0.4) is 0 Å². The van der Waals surface area contributed by atoms with Gasteiger partial charge >= 0.3 is 0 Å². The molecule has 3 rings (SSSR count). The highest BCUT2D eigenvalue weighted by molar-refractivity contribution is 8.15. The largest absolute Gasteiger partial charge is 0.304 e. The maximum Gasteiger partial charge on any atom is 0.239 e. The highest BCUT2D eigenvalue weighted by Crippen LogP contribution is 2.28. The summed E-state index contributed by atoms with van der Waals surface area (Å²) in [6.07, 6.45) is 0.600. The van der Waals surface area contributed by atoms with E-state index in [2.05, 4.69) is 10.3 Å². The lowest BCUT2D eigenvalue weighted by atomic mass is 10.1. The van der Waals surface area contributed by atoms with Gasteiger partial charge in [-0.15, -0.1) is 0 Å². The maximum absolute atomic E-state index is 12.1. The molecule has 0 unspecified atom stereocenters. The molecule has 0 bridgehead atoms. The molecule has 0 saturated carbocycles. The molecule has 0 aromatic heterocycles. The normalized spacial score (nSPS) is 19.5. The van der Waals surface area contributed by atoms with Gasteiger partial charge in [0.25, 0.3) is 0 Å². The molecule has 0 aliphatic carbocycles. The van der Waals surface area contributed by atoms with Crippen LogP contribution in [0.4, 0.5) is 5.69 Å². The summed E-state index contributed by atoms with van der Waals surface area (Å²) in [4.78, 5) is 16.6. The topological polar surface area (TPSA) is 41.5 Å². The molecule has 1 aliphatic heterocycles. The minimum absolute atomic E-state index is 0.0178. The summed E-state index contributed by atoms with van der Waals surface area (Å²) in [5.74, 6) is -0.0178. The smallest absolute Gasteiger partial charge is 0.239 e. The number of halogens is 1. The number of nitrogens with one attached hydrogen (secondary N) is 1. The second-order valence-electron chi connectivity index (χ2n) is 5.14. The first-order valence-corrected chi connectivity index (χ1v) is 8.24. The van der Waals surface area contributed by atoms with Crippen molar-refractivity contribution in [2.75, 3.05) is 0 Å². The minimum Gasteiger partial charge on any atom is -0.304 e. The van der Waals surface area contributed by atoms with Crippen LogP contribution in [0.25, 0.3) is 0 Å². The molecule has 1 atom stereocenters. The lowest BCUT2D eigenvalue weighted by Gasteiger charge is -2.06. The van der Waals surface area contributed by atoms with Crippen molar-refractivity contribution in [1.82, 2.24) is 5.32 Å². The van der Waals surface area contributed by atoms with E-state index in [0.29, 0.717) is 16.6 Å². The van der Waals surface area contributed by atoms with E-state index in [0.717, 1.165) is 11.3 Å². The maximum atomic E-state index is 12.1. The van der Waals surface area contributed by atoms with Gasteiger partial charge in [0.2, 0.25) is 5.91 Å². The molecule has 0 spiro atoms. The van der Waals surface area contributed by atoms with Crippen LogP contribution in [0.15, 0.2) is 53.5 Å². The predicted molar refractivity (Wildman–Crippen MR) is 93.0 cm³/mol. The number of aryl methyl sites for hydroxylation is 1. The number of nitrogens with zero attached hydrogens (tertiary/aromatic N) is 1. The molecule has 1 fully saturated rings. The summed E-state index contributed by atoms with van der Waals surface area (Å²) in [5.41, 5.74) is 3.00. The van der Waals surface area contributed by atoms with Gasteiger partial charge in [-0.1, -0.05) is 59.3 Å². The van der Waals surface area contributed by atoms with Crippen molar-refractivity contribution in [1.29, 1.82) is 0 Å². The fourth-order valence-corrected chi connectivity index (χ4v) is 3.42. The third-order valence-electron chi connectivity index (χ3n) is 3.40. The van der Waals surface area contributed by atoms with Crippen molar-refractivity contribution in [3.05, 3.63) is 64.7 Å². The van der Waals surface area contributed by atoms with E-state index < -0.39 is 0 Å². The Morgan fingerprint density at radius 1 is 1.18 bits per heavy atom. The number of rotatable bonds is 3. The van der Waals surface area contributed by atoms with Crippen molar-refractivity contribution < 1.29 is 4.79 Å². The molecular weight excluding hydrogens is 316 g/mol. The molecule has 0 radical (unpaired) electrons. The first-order chi connectivity index (χ1) is 10.6. The Kier molecular flexibility index (Phi) is 4.50. The Balaban J connectivity index is 1.73. The monoisotopic (exact) mass is 330 g/mol. The molecule has 112 valence electrons. The van der Waals surface area contributed by atoms with Crippen molar-refractivity contribution in [2.45, 2.75) is 18.6 Å². The van der Waals surface area contributed by atoms with Crippen LogP contribution in [0.5, 0.6) is 0 Å². The molecule has 1 aliphatic rings. The number of carbonyl (C=O) groups is 1. The average Bonchev–Trinajstić information content (AvgIpc) is 2.84. The quantitative estimate of drug-likeness (QED) is 0.920. The third kappa shape index (κ3) is 3.51. The van der Waals surface area contributed by atoms with Crippen molar-refractivity contribution in [3.8, 4) is 0 Å². The molecule has 5 heteroatoms. The van der Waals surface area contributed by atoms with Crippen LogP contribution in [0.1, 0.15) is 11.1 Å². The van der Waals surface area contributed by atoms with Gasteiger partial charge in [0, 0.05) is 5.02 Å². The zero-order valence-corrected chi connectivity index (χ0v) is 13.6. The van der Waals surface area contributed by atoms with Crippen molar-refractivity contribution >= 4 is 40.1 Å². The van der Waals surface area contributed by atoms with E-state index in [4.69, 9.17) is 11.6 Å². The van der Waals surface area contributed by atoms with E-state index in [-0.39, 0.29) is 11.2 Å². The second kappa shape index (κ2) is 6.55. The van der Waals surface area contributed by atoms with Crippen LogP contribution >= 0.6 is 23.4 Å². The molecule has 1 heterocycles. The molecule has 1 saturated heterocycles. The molecule has 3 nitrogen and oxygen atoms in total. The minimum atomic E-state index is -0.191. The van der Waals surface area contributed by atoms with E-state index >= 15 is 0 Å². The zero-order valence-electron chi connectivity index (χ0n) is 12.0. The fraction of sp³-hybridized carbons (Fsp3) is 0.176. The standard InChI is InChI=1S/C17H15ClN2OS/c1-11-6-8-13(9-7-11)19-17-20-16(21)15(22-17)10-12-4-2-3-5-14(12)18/h2-9,15H,10H2,1H3,(H,19,20,21)/t15-/m0/s1. The summed E-state index contributed by atoms with van der Waals surface area (Å²) in [6.45, 7) is 2.03. The molecule has 1 N–H and O–H groups in total. The summed E-state index contributed by atoms with van der Waals surface area (Å²) >= 11 is 7.61. The van der Waals surface area contributed by atoms with Gasteiger partial charge in [0.15, 0.2) is 5.17 Å². The van der Waals surface area contributed by atoms with E-state index in [1.165, 1.54) is 17.3 Å². The summed E-state index contributed by atoms with van der Waals surface area (Å²) in [6, 6.07) is 15.5. The van der Waals surface area contributed by atoms with Crippen molar-refractivity contribution in [3.63, 3.8) is 0 Å². The first kappa shape index (κ1) is 15.1. The highest BCUT2D eigenvalue weighted by atomic mass is 35.5. The van der Waals surface area contributed by atoms with E-state index in [1.807, 2.05) is 55.5 Å². The van der Waals surface area contributed by atoms with Crippen molar-refractivity contribution in [2.24, 2.45) is 4.99 Å². The lowest BCUT2D eigenvalue weighted by Crippen LogP contribution is -2.26. The number of amides is 1. The van der Waals surface area contributed by atoms with Crippen LogP contribution in [-0.2, 0) is 11.2 Å². The molecule has 2 aromatic rings. The summed E-state index contributed by atoms with van der Waals surface area (Å²) < 4.78 is 0. The number of hydrogen-bond acceptors (Lipinski definition) is 3. The van der Waals surface area contributed by atoms with Gasteiger partial charge in [-0.2, -0.15) is 0 Å². The molecule has 22 heavy (non-hydrogen) atoms. The summed E-state index contributed by atoms with van der Waals surface area (Å²) in [7, 11) is 0. The molecule has 2 aromatic carbocycles. The lowest BCUT2D eigenvalue weighted by molar-refractivity contribution is -0.118. The van der Waals surface area contributed by atoms with Gasteiger partial charge < -0.3 is 5.32 Å². The van der Waals surface area contributed by atoms with Crippen LogP contribution in [0.2, 0.25) is 5.02 Å².